The first kappa shape index (κ1) is 53.7. The van der Waals surface area contributed by atoms with E-state index >= 15 is 0 Å². The largest absolute Gasteiger partial charge is 0.472 e. The highest BCUT2D eigenvalue weighted by atomic mass is 31.2. The lowest BCUT2D eigenvalue weighted by Crippen LogP contribution is -2.45. The van der Waals surface area contributed by atoms with Gasteiger partial charge in [0.1, 0.15) is 13.2 Å². The molecule has 0 radical (unpaired) electrons. The van der Waals surface area contributed by atoms with Crippen LogP contribution in [0.2, 0.25) is 0 Å². The topological polar surface area (TPSA) is 105 Å². The molecule has 0 heterocycles. The minimum atomic E-state index is -4.35. The number of amides is 1. The lowest BCUT2D eigenvalue weighted by molar-refractivity contribution is -0.870. The molecule has 9 heteroatoms. The third kappa shape index (κ3) is 40.7. The fraction of sp³-hybridized carbons (Fsp3) is 0.848. The fourth-order valence-electron chi connectivity index (χ4n) is 6.40. The van der Waals surface area contributed by atoms with Crippen LogP contribution < -0.4 is 5.32 Å². The van der Waals surface area contributed by atoms with Crippen LogP contribution in [0.1, 0.15) is 200 Å². The van der Waals surface area contributed by atoms with Gasteiger partial charge in [-0.25, -0.2) is 4.57 Å². The summed E-state index contributed by atoms with van der Waals surface area (Å²) in [6, 6.07) is -0.865. The van der Waals surface area contributed by atoms with Crippen molar-refractivity contribution in [2.75, 3.05) is 40.9 Å². The second-order valence-electron chi connectivity index (χ2n) is 16.8. The van der Waals surface area contributed by atoms with Gasteiger partial charge < -0.3 is 19.8 Å². The van der Waals surface area contributed by atoms with E-state index in [1.807, 2.05) is 27.2 Å². The predicted octanol–water partition coefficient (Wildman–Crippen LogP) is 12.7. The van der Waals surface area contributed by atoms with Crippen molar-refractivity contribution in [3.63, 3.8) is 0 Å². The Hall–Kier alpha value is -1.28. The molecule has 0 bridgehead atoms. The second-order valence-corrected chi connectivity index (χ2v) is 18.2. The summed E-state index contributed by atoms with van der Waals surface area (Å²) in [5.74, 6) is -0.197. The highest BCUT2D eigenvalue weighted by molar-refractivity contribution is 7.47. The smallest absolute Gasteiger partial charge is 0.387 e. The Kier molecular flexibility index (Phi) is 37.4. The Balaban J connectivity index is 4.44. The number of rotatable bonds is 41. The zero-order valence-corrected chi connectivity index (χ0v) is 37.6. The van der Waals surface area contributed by atoms with Crippen molar-refractivity contribution in [3.05, 3.63) is 36.5 Å². The molecule has 0 fully saturated rings. The number of phosphoric acid groups is 1. The molecule has 324 valence electrons. The van der Waals surface area contributed by atoms with E-state index < -0.39 is 20.0 Å². The van der Waals surface area contributed by atoms with Crippen LogP contribution in [0, 0.1) is 0 Å². The number of carbonyl (C=O) groups excluding carboxylic acids is 1. The number of unbranched alkanes of at least 4 members (excludes halogenated alkanes) is 24. The van der Waals surface area contributed by atoms with Gasteiger partial charge in [0.05, 0.1) is 39.9 Å². The Morgan fingerprint density at radius 2 is 1.00 bits per heavy atom. The van der Waals surface area contributed by atoms with E-state index in [0.29, 0.717) is 17.4 Å². The highest BCUT2D eigenvalue weighted by Crippen LogP contribution is 2.43. The molecular formula is C46H90N2O6P+. The Bertz CT molecular complexity index is 995. The first-order valence-corrected chi connectivity index (χ1v) is 24.4. The van der Waals surface area contributed by atoms with Crippen molar-refractivity contribution >= 4 is 13.7 Å². The van der Waals surface area contributed by atoms with E-state index in [4.69, 9.17) is 9.05 Å². The number of carbonyl (C=O) groups is 1. The maximum absolute atomic E-state index is 12.8. The fourth-order valence-corrected chi connectivity index (χ4v) is 7.14. The van der Waals surface area contributed by atoms with Crippen LogP contribution in [0.4, 0.5) is 0 Å². The third-order valence-electron chi connectivity index (χ3n) is 10.1. The van der Waals surface area contributed by atoms with Crippen LogP contribution in [0.15, 0.2) is 36.5 Å². The molecule has 0 spiro atoms. The number of hydrogen-bond acceptors (Lipinski definition) is 5. The van der Waals surface area contributed by atoms with Crippen LogP contribution in [-0.4, -0.2) is 73.4 Å². The number of quaternary nitrogens is 1. The average Bonchev–Trinajstić information content (AvgIpc) is 3.13. The van der Waals surface area contributed by atoms with Gasteiger partial charge in [-0.2, -0.15) is 0 Å². The Morgan fingerprint density at radius 3 is 1.47 bits per heavy atom. The van der Waals surface area contributed by atoms with Gasteiger partial charge in [-0.1, -0.05) is 172 Å². The van der Waals surface area contributed by atoms with Crippen LogP contribution in [0.25, 0.3) is 0 Å². The number of allylic oxidation sites excluding steroid dienone is 5. The standard InChI is InChI=1S/C46H89N2O6P/c1-6-8-10-12-14-16-18-20-21-22-23-24-25-26-28-29-31-33-35-37-39-45(49)44(43-54-55(51,52)53-42-41-48(3,4)5)47-46(50)40-38-36-34-32-30-27-19-17-15-13-11-9-7-2/h17,19,29,31,37,39,44-45,49H,6-16,18,20-28,30,32-36,38,40-43H2,1-5H3,(H-,47,50,51,52)/p+1/b19-17-,31-29+,39-37+. The molecule has 0 aliphatic carbocycles. The van der Waals surface area contributed by atoms with Crippen LogP contribution in [0.5, 0.6) is 0 Å². The number of nitrogens with one attached hydrogen (secondary N) is 1. The zero-order valence-electron chi connectivity index (χ0n) is 36.7. The normalized spacial score (nSPS) is 14.7. The van der Waals surface area contributed by atoms with Crippen molar-refractivity contribution < 1.29 is 32.9 Å². The lowest BCUT2D eigenvalue weighted by atomic mass is 10.0. The summed E-state index contributed by atoms with van der Waals surface area (Å²) in [7, 11) is 1.55. The molecule has 0 aromatic rings. The molecule has 55 heavy (non-hydrogen) atoms. The molecule has 3 atom stereocenters. The minimum absolute atomic E-state index is 0.0546. The van der Waals surface area contributed by atoms with Gasteiger partial charge in [0.25, 0.3) is 0 Å². The van der Waals surface area contributed by atoms with Gasteiger partial charge in [0.2, 0.25) is 5.91 Å². The Morgan fingerprint density at radius 1 is 0.600 bits per heavy atom. The number of aliphatic hydroxyl groups excluding tert-OH is 1. The summed E-state index contributed by atoms with van der Waals surface area (Å²) in [5.41, 5.74) is 0. The van der Waals surface area contributed by atoms with Gasteiger partial charge in [0, 0.05) is 6.42 Å². The van der Waals surface area contributed by atoms with E-state index in [-0.39, 0.29) is 19.1 Å². The number of aliphatic hydroxyl groups is 1. The molecule has 0 aliphatic heterocycles. The van der Waals surface area contributed by atoms with Crippen molar-refractivity contribution in [1.82, 2.24) is 5.32 Å². The summed E-state index contributed by atoms with van der Waals surface area (Å²) >= 11 is 0. The molecule has 8 nitrogen and oxygen atoms in total. The molecular weight excluding hydrogens is 707 g/mol. The van der Waals surface area contributed by atoms with Crippen molar-refractivity contribution in [2.45, 2.75) is 212 Å². The number of nitrogens with zero attached hydrogens (tertiary/aromatic N) is 1. The van der Waals surface area contributed by atoms with Crippen molar-refractivity contribution in [2.24, 2.45) is 0 Å². The maximum atomic E-state index is 12.8. The van der Waals surface area contributed by atoms with Gasteiger partial charge in [-0.15, -0.1) is 0 Å². The third-order valence-corrected chi connectivity index (χ3v) is 11.1. The van der Waals surface area contributed by atoms with Crippen LogP contribution in [0.3, 0.4) is 0 Å². The number of hydrogen-bond donors (Lipinski definition) is 3. The van der Waals surface area contributed by atoms with Crippen LogP contribution >= 0.6 is 7.82 Å². The first-order chi connectivity index (χ1) is 26.5. The molecule has 0 aromatic heterocycles. The van der Waals surface area contributed by atoms with E-state index in [1.54, 1.807) is 6.08 Å². The van der Waals surface area contributed by atoms with Gasteiger partial charge in [-0.05, 0) is 57.8 Å². The molecule has 3 N–H and O–H groups in total. The van der Waals surface area contributed by atoms with Crippen LogP contribution in [-0.2, 0) is 18.4 Å². The first-order valence-electron chi connectivity index (χ1n) is 22.9. The van der Waals surface area contributed by atoms with Gasteiger partial charge in [0.15, 0.2) is 0 Å². The maximum Gasteiger partial charge on any atom is 0.472 e. The van der Waals surface area contributed by atoms with E-state index in [2.05, 4.69) is 43.5 Å². The van der Waals surface area contributed by atoms with E-state index in [0.717, 1.165) is 51.4 Å². The molecule has 0 saturated heterocycles. The minimum Gasteiger partial charge on any atom is -0.387 e. The molecule has 0 aromatic carbocycles. The highest BCUT2D eigenvalue weighted by Gasteiger charge is 2.27. The molecule has 0 saturated carbocycles. The summed E-state index contributed by atoms with van der Waals surface area (Å²) in [6.45, 7) is 4.77. The Labute approximate surface area is 340 Å². The van der Waals surface area contributed by atoms with Gasteiger partial charge in [-0.3, -0.25) is 13.8 Å². The summed E-state index contributed by atoms with van der Waals surface area (Å²) in [6.07, 6.45) is 46.5. The summed E-state index contributed by atoms with van der Waals surface area (Å²) in [5, 5.41) is 13.8. The second kappa shape index (κ2) is 38.2. The van der Waals surface area contributed by atoms with Crippen molar-refractivity contribution in [1.29, 1.82) is 0 Å². The molecule has 0 aliphatic rings. The molecule has 3 unspecified atom stereocenters. The summed E-state index contributed by atoms with van der Waals surface area (Å²) < 4.78 is 23.5. The molecule has 0 rings (SSSR count). The van der Waals surface area contributed by atoms with Gasteiger partial charge >= 0.3 is 7.82 Å². The number of phosphoric ester groups is 1. The summed E-state index contributed by atoms with van der Waals surface area (Å²) in [4.78, 5) is 23.1. The lowest BCUT2D eigenvalue weighted by Gasteiger charge is -2.25. The SMILES string of the molecule is CCCCCC/C=C\CCCCCCCC(=O)NC(COP(=O)(O)OCC[N+](C)(C)C)C(O)/C=C/CC/C=C/CCCCCCCCCCCCCCCC. The van der Waals surface area contributed by atoms with E-state index in [9.17, 15) is 19.4 Å². The zero-order chi connectivity index (χ0) is 40.7. The van der Waals surface area contributed by atoms with E-state index in [1.165, 1.54) is 128 Å². The monoisotopic (exact) mass is 798 g/mol. The predicted molar refractivity (Wildman–Crippen MR) is 235 cm³/mol. The average molecular weight is 798 g/mol. The number of likely N-dealkylation sites (N-methyl/N-ethyl adjacent to an activating group) is 1. The van der Waals surface area contributed by atoms with Crippen molar-refractivity contribution in [3.8, 4) is 0 Å². The molecule has 1 amide bonds. The quantitative estimate of drug-likeness (QED) is 0.0246.